The van der Waals surface area contributed by atoms with E-state index in [1.54, 1.807) is 0 Å². The third-order valence-corrected chi connectivity index (χ3v) is 3.38. The highest BCUT2D eigenvalue weighted by molar-refractivity contribution is 9.10. The summed E-state index contributed by atoms with van der Waals surface area (Å²) in [4.78, 5) is 23.9. The molecule has 2 rings (SSSR count). The van der Waals surface area contributed by atoms with Gasteiger partial charge in [-0.05, 0) is 31.2 Å². The van der Waals surface area contributed by atoms with Gasteiger partial charge in [0.25, 0.3) is 0 Å². The second kappa shape index (κ2) is 6.53. The van der Waals surface area contributed by atoms with Crippen LogP contribution >= 0.6 is 15.9 Å². The van der Waals surface area contributed by atoms with Crippen LogP contribution in [0.2, 0.25) is 0 Å². The van der Waals surface area contributed by atoms with Crippen molar-refractivity contribution in [3.63, 3.8) is 0 Å². The standard InChI is InChI=1S/C14H10BrF3N2O3/c1-2-23-13(22)11-9(14(16,17)18)10(19-20-11)12(21)7-3-5-8(15)6-4-7/h3-6H,2H2,1H3,(H,19,20). The van der Waals surface area contributed by atoms with E-state index >= 15 is 0 Å². The average molecular weight is 391 g/mol. The molecule has 23 heavy (non-hydrogen) atoms. The summed E-state index contributed by atoms with van der Waals surface area (Å²) >= 11 is 3.16. The summed E-state index contributed by atoms with van der Waals surface area (Å²) < 4.78 is 45.0. The van der Waals surface area contributed by atoms with Crippen molar-refractivity contribution >= 4 is 27.7 Å². The molecule has 0 amide bonds. The van der Waals surface area contributed by atoms with Gasteiger partial charge in [0.05, 0.1) is 6.61 Å². The minimum Gasteiger partial charge on any atom is -0.461 e. The number of aromatic amines is 1. The van der Waals surface area contributed by atoms with Gasteiger partial charge in [-0.2, -0.15) is 18.3 Å². The number of ether oxygens (including phenoxy) is 1. The predicted molar refractivity (Wildman–Crippen MR) is 77.1 cm³/mol. The molecule has 1 aromatic carbocycles. The maximum absolute atomic E-state index is 13.3. The lowest BCUT2D eigenvalue weighted by Crippen LogP contribution is -2.17. The lowest BCUT2D eigenvalue weighted by molar-refractivity contribution is -0.138. The maximum Gasteiger partial charge on any atom is 0.421 e. The number of hydrogen-bond donors (Lipinski definition) is 1. The molecule has 0 radical (unpaired) electrons. The van der Waals surface area contributed by atoms with Crippen LogP contribution in [0.1, 0.15) is 39.0 Å². The van der Waals surface area contributed by atoms with E-state index in [-0.39, 0.29) is 12.2 Å². The first-order valence-electron chi connectivity index (χ1n) is 6.38. The van der Waals surface area contributed by atoms with Crippen molar-refractivity contribution in [1.82, 2.24) is 10.2 Å². The zero-order chi connectivity index (χ0) is 17.2. The molecule has 0 fully saturated rings. The molecular formula is C14H10BrF3N2O3. The van der Waals surface area contributed by atoms with Gasteiger partial charge in [-0.15, -0.1) is 0 Å². The van der Waals surface area contributed by atoms with Gasteiger partial charge in [-0.25, -0.2) is 4.79 Å². The van der Waals surface area contributed by atoms with Gasteiger partial charge in [0, 0.05) is 10.0 Å². The number of aromatic nitrogens is 2. The van der Waals surface area contributed by atoms with Crippen LogP contribution in [-0.2, 0) is 10.9 Å². The minimum atomic E-state index is -4.94. The number of ketones is 1. The third kappa shape index (κ3) is 3.61. The summed E-state index contributed by atoms with van der Waals surface area (Å²) in [6.07, 6.45) is -4.94. The molecule has 0 saturated heterocycles. The number of hydrogen-bond acceptors (Lipinski definition) is 4. The number of benzene rings is 1. The molecule has 0 aliphatic rings. The largest absolute Gasteiger partial charge is 0.461 e. The van der Waals surface area contributed by atoms with Crippen molar-refractivity contribution in [1.29, 1.82) is 0 Å². The van der Waals surface area contributed by atoms with E-state index in [0.717, 1.165) is 0 Å². The van der Waals surface area contributed by atoms with Crippen molar-refractivity contribution < 1.29 is 27.5 Å². The maximum atomic E-state index is 13.3. The number of halogens is 4. The molecule has 1 heterocycles. The van der Waals surface area contributed by atoms with Gasteiger partial charge in [-0.3, -0.25) is 9.89 Å². The summed E-state index contributed by atoms with van der Waals surface area (Å²) in [5.74, 6) is -2.17. The highest BCUT2D eigenvalue weighted by Crippen LogP contribution is 2.35. The number of carbonyl (C=O) groups excluding carboxylic acids is 2. The van der Waals surface area contributed by atoms with Gasteiger partial charge < -0.3 is 4.74 Å². The van der Waals surface area contributed by atoms with E-state index < -0.39 is 34.9 Å². The summed E-state index contributed by atoms with van der Waals surface area (Å²) in [5.41, 5.74) is -3.17. The van der Waals surface area contributed by atoms with E-state index in [2.05, 4.69) is 25.8 Å². The highest BCUT2D eigenvalue weighted by Gasteiger charge is 2.43. The summed E-state index contributed by atoms with van der Waals surface area (Å²) in [6.45, 7) is 1.35. The predicted octanol–water partition coefficient (Wildman–Crippen LogP) is 3.60. The number of alkyl halides is 3. The van der Waals surface area contributed by atoms with Crippen molar-refractivity contribution in [2.45, 2.75) is 13.1 Å². The van der Waals surface area contributed by atoms with Gasteiger partial charge in [0.1, 0.15) is 11.3 Å². The molecule has 0 aliphatic heterocycles. The summed E-state index contributed by atoms with van der Waals surface area (Å²) in [6, 6.07) is 5.73. The Morgan fingerprint density at radius 3 is 2.39 bits per heavy atom. The first-order valence-corrected chi connectivity index (χ1v) is 7.18. The molecular weight excluding hydrogens is 381 g/mol. The molecule has 5 nitrogen and oxygen atoms in total. The second-order valence-electron chi connectivity index (χ2n) is 4.38. The quantitative estimate of drug-likeness (QED) is 0.639. The van der Waals surface area contributed by atoms with Crippen LogP contribution in [0.25, 0.3) is 0 Å². The van der Waals surface area contributed by atoms with Crippen molar-refractivity contribution in [2.24, 2.45) is 0 Å². The van der Waals surface area contributed by atoms with Crippen LogP contribution < -0.4 is 0 Å². The molecule has 122 valence electrons. The molecule has 0 aliphatic carbocycles. The van der Waals surface area contributed by atoms with Gasteiger partial charge in [0.15, 0.2) is 5.69 Å². The van der Waals surface area contributed by atoms with Crippen molar-refractivity contribution in [3.05, 3.63) is 51.3 Å². The molecule has 0 unspecified atom stereocenters. The van der Waals surface area contributed by atoms with E-state index in [9.17, 15) is 22.8 Å². The van der Waals surface area contributed by atoms with Crippen LogP contribution in [0.15, 0.2) is 28.7 Å². The van der Waals surface area contributed by atoms with E-state index in [1.807, 2.05) is 5.10 Å². The van der Waals surface area contributed by atoms with Crippen molar-refractivity contribution in [2.75, 3.05) is 6.61 Å². The van der Waals surface area contributed by atoms with Crippen LogP contribution in [0, 0.1) is 0 Å². The number of nitrogens with one attached hydrogen (secondary N) is 1. The molecule has 1 aromatic heterocycles. The zero-order valence-corrected chi connectivity index (χ0v) is 13.3. The Hall–Kier alpha value is -2.16. The molecule has 2 aromatic rings. The molecule has 1 N–H and O–H groups in total. The number of esters is 1. The molecule has 0 atom stereocenters. The number of carbonyl (C=O) groups is 2. The van der Waals surface area contributed by atoms with Gasteiger partial charge in [0.2, 0.25) is 5.78 Å². The lowest BCUT2D eigenvalue weighted by Gasteiger charge is -2.09. The molecule has 0 saturated carbocycles. The lowest BCUT2D eigenvalue weighted by atomic mass is 10.0. The van der Waals surface area contributed by atoms with E-state index in [1.165, 1.54) is 31.2 Å². The number of nitrogens with zero attached hydrogens (tertiary/aromatic N) is 1. The highest BCUT2D eigenvalue weighted by atomic mass is 79.9. The molecule has 0 spiro atoms. The first kappa shape index (κ1) is 17.2. The number of H-pyrrole nitrogens is 1. The topological polar surface area (TPSA) is 72.1 Å². The third-order valence-electron chi connectivity index (χ3n) is 2.85. The Morgan fingerprint density at radius 1 is 1.26 bits per heavy atom. The van der Waals surface area contributed by atoms with E-state index in [0.29, 0.717) is 4.47 Å². The van der Waals surface area contributed by atoms with Gasteiger partial charge in [-0.1, -0.05) is 15.9 Å². The van der Waals surface area contributed by atoms with Crippen LogP contribution in [-0.4, -0.2) is 28.6 Å². The Labute approximate surface area is 137 Å². The number of rotatable bonds is 4. The van der Waals surface area contributed by atoms with Gasteiger partial charge >= 0.3 is 12.1 Å². The Morgan fingerprint density at radius 2 is 1.87 bits per heavy atom. The fourth-order valence-electron chi connectivity index (χ4n) is 1.87. The summed E-state index contributed by atoms with van der Waals surface area (Å²) in [5, 5.41) is 5.33. The average Bonchev–Trinajstić information content (AvgIpc) is 2.92. The fraction of sp³-hybridized carbons (Fsp3) is 0.214. The van der Waals surface area contributed by atoms with Crippen LogP contribution in [0.3, 0.4) is 0 Å². The van der Waals surface area contributed by atoms with E-state index in [4.69, 9.17) is 0 Å². The zero-order valence-electron chi connectivity index (χ0n) is 11.7. The monoisotopic (exact) mass is 390 g/mol. The molecule has 9 heteroatoms. The van der Waals surface area contributed by atoms with Crippen LogP contribution in [0.4, 0.5) is 13.2 Å². The minimum absolute atomic E-state index is 0.0145. The first-order chi connectivity index (χ1) is 10.8. The normalized spacial score (nSPS) is 11.3. The smallest absolute Gasteiger partial charge is 0.421 e. The Kier molecular flexibility index (Phi) is 4.88. The fourth-order valence-corrected chi connectivity index (χ4v) is 2.14. The Bertz CT molecular complexity index is 739. The van der Waals surface area contributed by atoms with Crippen LogP contribution in [0.5, 0.6) is 0 Å². The SMILES string of the molecule is CCOC(=O)c1[nH]nc(C(=O)c2ccc(Br)cc2)c1C(F)(F)F. The summed E-state index contributed by atoms with van der Waals surface area (Å²) in [7, 11) is 0. The molecule has 0 bridgehead atoms. The second-order valence-corrected chi connectivity index (χ2v) is 5.29. The Balaban J connectivity index is 2.52. The van der Waals surface area contributed by atoms with Crippen molar-refractivity contribution in [3.8, 4) is 0 Å².